The molecular weight excluding hydrogens is 210 g/mol. The zero-order chi connectivity index (χ0) is 11.7. The Hall–Kier alpha value is -1.10. The van der Waals surface area contributed by atoms with E-state index in [1.165, 1.54) is 0 Å². The van der Waals surface area contributed by atoms with Gasteiger partial charge in [-0.2, -0.15) is 0 Å². The molecule has 1 aliphatic heterocycles. The van der Waals surface area contributed by atoms with E-state index in [-0.39, 0.29) is 17.9 Å². The van der Waals surface area contributed by atoms with Gasteiger partial charge in [-0.3, -0.25) is 9.59 Å². The monoisotopic (exact) mass is 227 g/mol. The molecule has 90 valence electrons. The summed E-state index contributed by atoms with van der Waals surface area (Å²) in [4.78, 5) is 24.1. The van der Waals surface area contributed by atoms with Crippen LogP contribution in [0.2, 0.25) is 0 Å². The fourth-order valence-corrected chi connectivity index (χ4v) is 2.21. The number of hydrogen-bond acceptors (Lipinski definition) is 3. The molecule has 2 fully saturated rings. The summed E-state index contributed by atoms with van der Waals surface area (Å²) < 4.78 is 5.44. The Morgan fingerprint density at radius 3 is 2.69 bits per heavy atom. The molecular formula is C11H17NO4. The van der Waals surface area contributed by atoms with Gasteiger partial charge in [0.15, 0.2) is 0 Å². The van der Waals surface area contributed by atoms with Crippen LogP contribution in [-0.4, -0.2) is 48.2 Å². The normalized spacial score (nSPS) is 32.4. The fraction of sp³-hybridized carbons (Fsp3) is 0.818. The topological polar surface area (TPSA) is 66.8 Å². The minimum atomic E-state index is -0.858. The van der Waals surface area contributed by atoms with Gasteiger partial charge in [0, 0.05) is 20.2 Å². The molecule has 1 amide bonds. The molecule has 1 saturated heterocycles. The Morgan fingerprint density at radius 1 is 1.44 bits per heavy atom. The Bertz CT molecular complexity index is 298. The lowest BCUT2D eigenvalue weighted by atomic mass is 10.2. The SMILES string of the molecule is CN(CC1CCCO1)C(=O)C1CC1C(=O)O. The third-order valence-corrected chi connectivity index (χ3v) is 3.30. The Balaban J connectivity index is 1.79. The molecule has 1 saturated carbocycles. The number of nitrogens with zero attached hydrogens (tertiary/aromatic N) is 1. The average Bonchev–Trinajstić information content (AvgIpc) is 2.89. The molecule has 5 heteroatoms. The van der Waals surface area contributed by atoms with Crippen LogP contribution in [0.3, 0.4) is 0 Å². The molecule has 0 aromatic rings. The van der Waals surface area contributed by atoms with Crippen molar-refractivity contribution in [1.82, 2.24) is 4.90 Å². The lowest BCUT2D eigenvalue weighted by Crippen LogP contribution is -2.35. The van der Waals surface area contributed by atoms with Gasteiger partial charge in [0.2, 0.25) is 5.91 Å². The Morgan fingerprint density at radius 2 is 2.19 bits per heavy atom. The molecule has 0 bridgehead atoms. The van der Waals surface area contributed by atoms with Crippen LogP contribution in [0.1, 0.15) is 19.3 Å². The number of likely N-dealkylation sites (N-methyl/N-ethyl adjacent to an activating group) is 1. The second kappa shape index (κ2) is 4.41. The molecule has 0 aromatic heterocycles. The molecule has 2 rings (SSSR count). The largest absolute Gasteiger partial charge is 0.481 e. The van der Waals surface area contributed by atoms with E-state index < -0.39 is 11.9 Å². The van der Waals surface area contributed by atoms with Crippen LogP contribution in [0.5, 0.6) is 0 Å². The molecule has 3 atom stereocenters. The minimum Gasteiger partial charge on any atom is -0.481 e. The van der Waals surface area contributed by atoms with E-state index in [9.17, 15) is 9.59 Å². The third kappa shape index (κ3) is 2.35. The van der Waals surface area contributed by atoms with Gasteiger partial charge < -0.3 is 14.7 Å². The van der Waals surface area contributed by atoms with Crippen molar-refractivity contribution in [2.75, 3.05) is 20.2 Å². The standard InChI is InChI=1S/C11H17NO4/c1-12(6-7-3-2-4-16-7)10(13)8-5-9(8)11(14)15/h7-9H,2-6H2,1H3,(H,14,15). The lowest BCUT2D eigenvalue weighted by molar-refractivity contribution is -0.141. The predicted octanol–water partition coefficient (Wildman–Crippen LogP) is 0.344. The summed E-state index contributed by atoms with van der Waals surface area (Å²) in [6.45, 7) is 1.36. The van der Waals surface area contributed by atoms with Crippen molar-refractivity contribution in [1.29, 1.82) is 0 Å². The van der Waals surface area contributed by atoms with E-state index in [1.807, 2.05) is 0 Å². The summed E-state index contributed by atoms with van der Waals surface area (Å²) in [6, 6.07) is 0. The van der Waals surface area contributed by atoms with Gasteiger partial charge in [-0.05, 0) is 19.3 Å². The van der Waals surface area contributed by atoms with Gasteiger partial charge in [0.25, 0.3) is 0 Å². The van der Waals surface area contributed by atoms with Gasteiger partial charge in [0.1, 0.15) is 0 Å². The second-order valence-electron chi connectivity index (χ2n) is 4.64. The smallest absolute Gasteiger partial charge is 0.307 e. The zero-order valence-corrected chi connectivity index (χ0v) is 9.39. The first kappa shape index (κ1) is 11.4. The van der Waals surface area contributed by atoms with Crippen molar-refractivity contribution < 1.29 is 19.4 Å². The van der Waals surface area contributed by atoms with Crippen molar-refractivity contribution in [3.8, 4) is 0 Å². The number of ether oxygens (including phenoxy) is 1. The summed E-state index contributed by atoms with van der Waals surface area (Å²) in [5.41, 5.74) is 0. The molecule has 3 unspecified atom stereocenters. The quantitative estimate of drug-likeness (QED) is 0.752. The highest BCUT2D eigenvalue weighted by Crippen LogP contribution is 2.39. The molecule has 16 heavy (non-hydrogen) atoms. The van der Waals surface area contributed by atoms with Crippen LogP contribution in [0.25, 0.3) is 0 Å². The average molecular weight is 227 g/mol. The van der Waals surface area contributed by atoms with Gasteiger partial charge in [-0.25, -0.2) is 0 Å². The number of carbonyl (C=O) groups excluding carboxylic acids is 1. The highest BCUT2D eigenvalue weighted by atomic mass is 16.5. The highest BCUT2D eigenvalue weighted by molar-refractivity contribution is 5.89. The molecule has 0 aromatic carbocycles. The van der Waals surface area contributed by atoms with Crippen molar-refractivity contribution in [3.63, 3.8) is 0 Å². The molecule has 0 radical (unpaired) electrons. The van der Waals surface area contributed by atoms with Crippen molar-refractivity contribution >= 4 is 11.9 Å². The number of carboxylic acid groups (broad SMARTS) is 1. The first-order valence-electron chi connectivity index (χ1n) is 5.69. The molecule has 5 nitrogen and oxygen atoms in total. The lowest BCUT2D eigenvalue weighted by Gasteiger charge is -2.20. The Kier molecular flexibility index (Phi) is 3.14. The zero-order valence-electron chi connectivity index (χ0n) is 9.39. The molecule has 2 aliphatic rings. The third-order valence-electron chi connectivity index (χ3n) is 3.30. The van der Waals surface area contributed by atoms with Gasteiger partial charge >= 0.3 is 5.97 Å². The van der Waals surface area contributed by atoms with Crippen LogP contribution >= 0.6 is 0 Å². The highest BCUT2D eigenvalue weighted by Gasteiger charge is 2.49. The summed E-state index contributed by atoms with van der Waals surface area (Å²) in [6.07, 6.45) is 2.67. The fourth-order valence-electron chi connectivity index (χ4n) is 2.21. The van der Waals surface area contributed by atoms with Crippen LogP contribution in [0.15, 0.2) is 0 Å². The summed E-state index contributed by atoms with van der Waals surface area (Å²) in [5, 5.41) is 8.74. The summed E-state index contributed by atoms with van der Waals surface area (Å²) >= 11 is 0. The molecule has 1 aliphatic carbocycles. The molecule has 0 spiro atoms. The number of hydrogen-bond donors (Lipinski definition) is 1. The number of carboxylic acids is 1. The predicted molar refractivity (Wildman–Crippen MR) is 55.8 cm³/mol. The maximum absolute atomic E-state index is 11.8. The minimum absolute atomic E-state index is 0.0529. The van der Waals surface area contributed by atoms with E-state index in [1.54, 1.807) is 11.9 Å². The van der Waals surface area contributed by atoms with Gasteiger partial charge in [-0.15, -0.1) is 0 Å². The van der Waals surface area contributed by atoms with Crippen molar-refractivity contribution in [2.45, 2.75) is 25.4 Å². The van der Waals surface area contributed by atoms with E-state index in [4.69, 9.17) is 9.84 Å². The van der Waals surface area contributed by atoms with E-state index in [2.05, 4.69) is 0 Å². The Labute approximate surface area is 94.4 Å². The van der Waals surface area contributed by atoms with Crippen LogP contribution < -0.4 is 0 Å². The molecule has 1 N–H and O–H groups in total. The van der Waals surface area contributed by atoms with Gasteiger partial charge in [0.05, 0.1) is 17.9 Å². The number of rotatable bonds is 4. The first-order chi connectivity index (χ1) is 7.59. The van der Waals surface area contributed by atoms with Crippen LogP contribution in [0, 0.1) is 11.8 Å². The van der Waals surface area contributed by atoms with Crippen molar-refractivity contribution in [2.24, 2.45) is 11.8 Å². The first-order valence-corrected chi connectivity index (χ1v) is 5.69. The van der Waals surface area contributed by atoms with Crippen LogP contribution in [-0.2, 0) is 14.3 Å². The number of carbonyl (C=O) groups is 2. The molecule has 1 heterocycles. The van der Waals surface area contributed by atoms with Crippen LogP contribution in [0.4, 0.5) is 0 Å². The van der Waals surface area contributed by atoms with E-state index in [0.717, 1.165) is 19.4 Å². The second-order valence-corrected chi connectivity index (χ2v) is 4.64. The summed E-state index contributed by atoms with van der Waals surface area (Å²) in [5.74, 6) is -1.67. The van der Waals surface area contributed by atoms with E-state index in [0.29, 0.717) is 13.0 Å². The number of aliphatic carboxylic acids is 1. The van der Waals surface area contributed by atoms with Crippen molar-refractivity contribution in [3.05, 3.63) is 0 Å². The number of amides is 1. The van der Waals surface area contributed by atoms with Gasteiger partial charge in [-0.1, -0.05) is 0 Å². The maximum atomic E-state index is 11.8. The summed E-state index contributed by atoms with van der Waals surface area (Å²) in [7, 11) is 1.72. The maximum Gasteiger partial charge on any atom is 0.307 e. The van der Waals surface area contributed by atoms with E-state index >= 15 is 0 Å².